The van der Waals surface area contributed by atoms with Crippen molar-refractivity contribution in [2.45, 2.75) is 39.8 Å². The molecular formula is C28H27ClN2O7S. The third kappa shape index (κ3) is 6.07. The van der Waals surface area contributed by atoms with Crippen LogP contribution >= 0.6 is 22.9 Å². The summed E-state index contributed by atoms with van der Waals surface area (Å²) in [4.78, 5) is 42.9. The Balaban J connectivity index is 1.87. The molecule has 2 heterocycles. The van der Waals surface area contributed by atoms with Crippen LogP contribution in [0.2, 0.25) is 5.02 Å². The second kappa shape index (κ2) is 11.9. The molecule has 0 fully saturated rings. The van der Waals surface area contributed by atoms with Gasteiger partial charge in [-0.3, -0.25) is 9.36 Å². The summed E-state index contributed by atoms with van der Waals surface area (Å²) in [6, 6.07) is 11.2. The predicted molar refractivity (Wildman–Crippen MR) is 147 cm³/mol. The first-order valence-electron chi connectivity index (χ1n) is 12.2. The number of aromatic nitrogens is 1. The van der Waals surface area contributed by atoms with Gasteiger partial charge in [-0.15, -0.1) is 0 Å². The monoisotopic (exact) mass is 570 g/mol. The number of aliphatic carboxylic acids is 1. The van der Waals surface area contributed by atoms with E-state index < -0.39 is 24.6 Å². The average Bonchev–Trinajstić information content (AvgIpc) is 3.17. The van der Waals surface area contributed by atoms with Crippen LogP contribution in [-0.2, 0) is 14.3 Å². The largest absolute Gasteiger partial charge is 0.490 e. The zero-order valence-corrected chi connectivity index (χ0v) is 23.3. The quantitative estimate of drug-likeness (QED) is 0.390. The highest BCUT2D eigenvalue weighted by molar-refractivity contribution is 7.07. The lowest BCUT2D eigenvalue weighted by molar-refractivity contribution is -0.143. The van der Waals surface area contributed by atoms with Crippen molar-refractivity contribution in [1.82, 2.24) is 4.57 Å². The zero-order valence-electron chi connectivity index (χ0n) is 21.8. The van der Waals surface area contributed by atoms with Crippen molar-refractivity contribution >= 4 is 41.0 Å². The van der Waals surface area contributed by atoms with E-state index in [1.807, 2.05) is 0 Å². The van der Waals surface area contributed by atoms with Crippen LogP contribution in [-0.4, -0.2) is 40.9 Å². The first kappa shape index (κ1) is 28.1. The summed E-state index contributed by atoms with van der Waals surface area (Å²) in [6.45, 7) is 6.83. The van der Waals surface area contributed by atoms with Gasteiger partial charge in [-0.25, -0.2) is 14.6 Å². The van der Waals surface area contributed by atoms with E-state index in [2.05, 4.69) is 4.99 Å². The second-order valence-electron chi connectivity index (χ2n) is 8.88. The van der Waals surface area contributed by atoms with Gasteiger partial charge >= 0.3 is 11.9 Å². The summed E-state index contributed by atoms with van der Waals surface area (Å²) in [5.74, 6) is -1.05. The summed E-state index contributed by atoms with van der Waals surface area (Å²) in [6.07, 6.45) is 1.32. The third-order valence-corrected chi connectivity index (χ3v) is 7.03. The van der Waals surface area contributed by atoms with E-state index in [-0.39, 0.29) is 23.0 Å². The van der Waals surface area contributed by atoms with Crippen LogP contribution in [0.1, 0.15) is 44.9 Å². The number of esters is 1. The molecule has 0 spiro atoms. The Morgan fingerprint density at radius 1 is 1.18 bits per heavy atom. The molecule has 1 unspecified atom stereocenters. The highest BCUT2D eigenvalue weighted by atomic mass is 35.5. The van der Waals surface area contributed by atoms with E-state index >= 15 is 0 Å². The molecule has 3 aromatic rings. The molecule has 0 amide bonds. The lowest BCUT2D eigenvalue weighted by Crippen LogP contribution is -2.40. The molecule has 1 aromatic heterocycles. The average molecular weight is 571 g/mol. The lowest BCUT2D eigenvalue weighted by atomic mass is 9.96. The molecule has 39 heavy (non-hydrogen) atoms. The van der Waals surface area contributed by atoms with Gasteiger partial charge in [0.1, 0.15) is 6.04 Å². The maximum absolute atomic E-state index is 13.8. The van der Waals surface area contributed by atoms with Crippen molar-refractivity contribution in [2.24, 2.45) is 4.99 Å². The normalized spacial score (nSPS) is 15.1. The smallest absolute Gasteiger partial charge is 0.341 e. The summed E-state index contributed by atoms with van der Waals surface area (Å²) < 4.78 is 18.3. The zero-order chi connectivity index (χ0) is 28.3. The molecule has 0 saturated heterocycles. The van der Waals surface area contributed by atoms with Gasteiger partial charge in [-0.05, 0) is 63.1 Å². The standard InChI is InChI=1S/C28H27ClN2O7S/c1-5-36-21-12-17(10-11-20(21)37-14-23(32)33)13-22-26(34)31-25(18-8-6-7-9-19(18)29)24(27(35)38-15(2)3)16(4)30-28(31)39-22/h6-13,15,25H,5,14H2,1-4H3,(H,32,33). The number of carbonyl (C=O) groups is 2. The maximum atomic E-state index is 13.8. The Kier molecular flexibility index (Phi) is 8.57. The number of thiazole rings is 1. The molecule has 1 aliphatic rings. The van der Waals surface area contributed by atoms with Crippen molar-refractivity contribution in [3.8, 4) is 11.5 Å². The number of rotatable bonds is 9. The van der Waals surface area contributed by atoms with Crippen molar-refractivity contribution in [3.05, 3.63) is 89.6 Å². The van der Waals surface area contributed by atoms with Gasteiger partial charge in [0.2, 0.25) is 0 Å². The number of ether oxygens (including phenoxy) is 3. The Morgan fingerprint density at radius 3 is 2.59 bits per heavy atom. The van der Waals surface area contributed by atoms with Crippen LogP contribution in [0.4, 0.5) is 0 Å². The van der Waals surface area contributed by atoms with Crippen molar-refractivity contribution in [2.75, 3.05) is 13.2 Å². The van der Waals surface area contributed by atoms with Gasteiger partial charge in [0.25, 0.3) is 5.56 Å². The van der Waals surface area contributed by atoms with E-state index in [1.54, 1.807) is 76.2 Å². The topological polar surface area (TPSA) is 116 Å². The Bertz CT molecular complexity index is 1640. The van der Waals surface area contributed by atoms with Crippen LogP contribution in [0, 0.1) is 0 Å². The number of fused-ring (bicyclic) bond motifs is 1. The highest BCUT2D eigenvalue weighted by Crippen LogP contribution is 2.34. The van der Waals surface area contributed by atoms with E-state index in [4.69, 9.17) is 30.9 Å². The molecule has 204 valence electrons. The molecule has 1 N–H and O–H groups in total. The number of carboxylic acid groups (broad SMARTS) is 1. The maximum Gasteiger partial charge on any atom is 0.341 e. The van der Waals surface area contributed by atoms with Crippen LogP contribution in [0.5, 0.6) is 11.5 Å². The van der Waals surface area contributed by atoms with Crippen LogP contribution in [0.25, 0.3) is 6.08 Å². The molecule has 11 heteroatoms. The second-order valence-corrected chi connectivity index (χ2v) is 10.3. The molecular weight excluding hydrogens is 544 g/mol. The Hall–Kier alpha value is -3.89. The SMILES string of the molecule is CCOc1cc(C=c2sc3n(c2=O)C(c2ccccc2Cl)C(C(=O)OC(C)C)=C(C)N=3)ccc1OCC(=O)O. The van der Waals surface area contributed by atoms with Crippen molar-refractivity contribution in [3.63, 3.8) is 0 Å². The molecule has 0 saturated carbocycles. The molecule has 1 atom stereocenters. The summed E-state index contributed by atoms with van der Waals surface area (Å²) in [5.41, 5.74) is 1.55. The molecule has 9 nitrogen and oxygen atoms in total. The number of carboxylic acids is 1. The van der Waals surface area contributed by atoms with Gasteiger partial charge in [0.15, 0.2) is 22.9 Å². The minimum absolute atomic E-state index is 0.245. The fraction of sp³-hybridized carbons (Fsp3) is 0.286. The van der Waals surface area contributed by atoms with Crippen LogP contribution in [0.3, 0.4) is 0 Å². The number of hydrogen-bond donors (Lipinski definition) is 1. The van der Waals surface area contributed by atoms with Crippen LogP contribution < -0.4 is 24.4 Å². The lowest BCUT2D eigenvalue weighted by Gasteiger charge is -2.26. The van der Waals surface area contributed by atoms with Gasteiger partial charge in [0.05, 0.1) is 28.5 Å². The third-order valence-electron chi connectivity index (χ3n) is 5.70. The molecule has 1 aliphatic heterocycles. The number of halogens is 1. The Morgan fingerprint density at radius 2 is 1.92 bits per heavy atom. The summed E-state index contributed by atoms with van der Waals surface area (Å²) >= 11 is 7.74. The van der Waals surface area contributed by atoms with E-state index in [0.29, 0.717) is 43.5 Å². The number of allylic oxidation sites excluding steroid dienone is 1. The van der Waals surface area contributed by atoms with E-state index in [9.17, 15) is 14.4 Å². The van der Waals surface area contributed by atoms with E-state index in [0.717, 1.165) is 0 Å². The first-order chi connectivity index (χ1) is 18.6. The summed E-state index contributed by atoms with van der Waals surface area (Å²) in [5, 5.41) is 9.34. The van der Waals surface area contributed by atoms with Gasteiger partial charge in [0, 0.05) is 5.02 Å². The van der Waals surface area contributed by atoms with Crippen molar-refractivity contribution in [1.29, 1.82) is 0 Å². The fourth-order valence-corrected chi connectivity index (χ4v) is 5.43. The van der Waals surface area contributed by atoms with E-state index in [1.165, 1.54) is 15.9 Å². The van der Waals surface area contributed by atoms with Crippen LogP contribution in [0.15, 0.2) is 63.5 Å². The molecule has 2 aromatic carbocycles. The molecule has 0 aliphatic carbocycles. The number of benzene rings is 2. The van der Waals surface area contributed by atoms with Gasteiger partial charge in [-0.2, -0.15) is 0 Å². The van der Waals surface area contributed by atoms with Crippen molar-refractivity contribution < 1.29 is 28.9 Å². The number of hydrogen-bond acceptors (Lipinski definition) is 8. The minimum atomic E-state index is -1.11. The predicted octanol–water partition coefficient (Wildman–Crippen LogP) is 3.70. The first-order valence-corrected chi connectivity index (χ1v) is 13.4. The summed E-state index contributed by atoms with van der Waals surface area (Å²) in [7, 11) is 0. The fourth-order valence-electron chi connectivity index (χ4n) is 4.14. The minimum Gasteiger partial charge on any atom is -0.490 e. The Labute approximate surface area is 233 Å². The number of nitrogens with zero attached hydrogens (tertiary/aromatic N) is 2. The molecule has 0 radical (unpaired) electrons. The highest BCUT2D eigenvalue weighted by Gasteiger charge is 2.34. The number of carbonyl (C=O) groups excluding carboxylic acids is 1. The van der Waals surface area contributed by atoms with Gasteiger partial charge < -0.3 is 19.3 Å². The molecule has 4 rings (SSSR count). The van der Waals surface area contributed by atoms with Gasteiger partial charge in [-0.1, -0.05) is 47.2 Å². The molecule has 0 bridgehead atoms.